The van der Waals surface area contributed by atoms with E-state index < -0.39 is 0 Å². The zero-order chi connectivity index (χ0) is 5.41. The largest absolute Gasteiger partial charge is 0.344 e. The molecule has 0 aromatic heterocycles. The van der Waals surface area contributed by atoms with E-state index in [1.54, 1.807) is 0 Å². The van der Waals surface area contributed by atoms with Gasteiger partial charge in [-0.15, -0.1) is 0 Å². The smallest absolute Gasteiger partial charge is 0.0564 e. The van der Waals surface area contributed by atoms with E-state index in [0.29, 0.717) is 0 Å². The van der Waals surface area contributed by atoms with Crippen molar-refractivity contribution in [1.82, 2.24) is 6.15 Å². The highest BCUT2D eigenvalue weighted by molar-refractivity contribution is 4.12. The molecule has 0 saturated carbocycles. The predicted octanol–water partition coefficient (Wildman–Crippen LogP) is 2.99. The second-order valence-electron chi connectivity index (χ2n) is 1.000. The molecule has 48 valence electrons. The Balaban J connectivity index is -0.0000000480. The van der Waals surface area contributed by atoms with E-state index in [2.05, 4.69) is 13.8 Å². The Labute approximate surface area is 47.7 Å². The highest BCUT2D eigenvalue weighted by Gasteiger charge is 1.56. The molecule has 0 fully saturated rings. The van der Waals surface area contributed by atoms with Gasteiger partial charge in [-0.3, -0.25) is 0 Å². The lowest BCUT2D eigenvalue weighted by molar-refractivity contribution is 0.886. The van der Waals surface area contributed by atoms with Crippen LogP contribution in [0.3, 0.4) is 0 Å². The minimum Gasteiger partial charge on any atom is -0.344 e. The number of rotatable bonds is 1. The molecule has 1 nitrogen and oxygen atoms in total. The zero-order valence-electron chi connectivity index (χ0n) is 6.12. The van der Waals surface area contributed by atoms with Gasteiger partial charge >= 0.3 is 0 Å². The van der Waals surface area contributed by atoms with Crippen LogP contribution in [0.2, 0.25) is 0 Å². The lowest BCUT2D eigenvalue weighted by Crippen LogP contribution is -1.47. The fourth-order valence-electron chi connectivity index (χ4n) is 0. The van der Waals surface area contributed by atoms with Gasteiger partial charge in [-0.2, -0.15) is 0 Å². The molecule has 0 aliphatic rings. The summed E-state index contributed by atoms with van der Waals surface area (Å²) in [7, 11) is 0. The summed E-state index contributed by atoms with van der Waals surface area (Å²) in [6.07, 6.45) is 2.64. The van der Waals surface area contributed by atoms with Crippen molar-refractivity contribution in [3.63, 3.8) is 0 Å². The minimum absolute atomic E-state index is 0. The van der Waals surface area contributed by atoms with E-state index in [1.807, 2.05) is 13.8 Å². The van der Waals surface area contributed by atoms with Crippen molar-refractivity contribution in [3.8, 4) is 0 Å². The summed E-state index contributed by atoms with van der Waals surface area (Å²) in [5.41, 5.74) is 0. The van der Waals surface area contributed by atoms with Gasteiger partial charge in [-0.05, 0) is 0 Å². The fraction of sp³-hybridized carbons (Fsp3) is 1.00. The van der Waals surface area contributed by atoms with Gasteiger partial charge in [0.15, 0.2) is 0 Å². The molecule has 0 aliphatic heterocycles. The lowest BCUT2D eigenvalue weighted by atomic mass is 10.4. The fourth-order valence-corrected chi connectivity index (χ4v) is 0. The molecular formula is C6H19N. The Morgan fingerprint density at radius 3 is 1.00 bits per heavy atom. The maximum Gasteiger partial charge on any atom is -0.0564 e. The van der Waals surface area contributed by atoms with Crippen molar-refractivity contribution in [1.29, 1.82) is 0 Å². The normalized spacial score (nSPS) is 5.14. The van der Waals surface area contributed by atoms with Crippen LogP contribution in [-0.4, -0.2) is 0 Å². The van der Waals surface area contributed by atoms with Gasteiger partial charge in [-0.1, -0.05) is 40.5 Å². The van der Waals surface area contributed by atoms with Crippen molar-refractivity contribution in [3.05, 3.63) is 0 Å². The molecular weight excluding hydrogens is 86.1 g/mol. The van der Waals surface area contributed by atoms with E-state index in [9.17, 15) is 0 Å². The molecule has 0 rings (SSSR count). The molecule has 3 N–H and O–H groups in total. The third kappa shape index (κ3) is 101. The lowest BCUT2D eigenvalue weighted by Gasteiger charge is -1.68. The standard InChI is InChI=1S/C4H10.C2H6.H3N/c1-3-4-2;1-2;/h3-4H2,1-2H3;1-2H3;1H3. The predicted molar refractivity (Wildman–Crippen MR) is 37.0 cm³/mol. The molecule has 0 aromatic rings. The highest BCUT2D eigenvalue weighted by Crippen LogP contribution is 1.76. The minimum atomic E-state index is 0. The molecule has 0 aliphatic carbocycles. The van der Waals surface area contributed by atoms with Crippen LogP contribution in [0.1, 0.15) is 40.5 Å². The second-order valence-corrected chi connectivity index (χ2v) is 1.000. The number of unbranched alkanes of at least 4 members (excludes halogenated alkanes) is 1. The van der Waals surface area contributed by atoms with Gasteiger partial charge in [0.05, 0.1) is 0 Å². The zero-order valence-corrected chi connectivity index (χ0v) is 6.12. The van der Waals surface area contributed by atoms with Crippen molar-refractivity contribution in [2.75, 3.05) is 0 Å². The molecule has 0 radical (unpaired) electrons. The average molecular weight is 105 g/mol. The van der Waals surface area contributed by atoms with E-state index in [0.717, 1.165) is 0 Å². The summed E-state index contributed by atoms with van der Waals surface area (Å²) in [4.78, 5) is 0. The Hall–Kier alpha value is -0.0400. The first kappa shape index (κ1) is 15.8. The first-order valence-corrected chi connectivity index (χ1v) is 2.91. The topological polar surface area (TPSA) is 35.0 Å². The van der Waals surface area contributed by atoms with Crippen LogP contribution in [0, 0.1) is 0 Å². The number of hydrogen-bond donors (Lipinski definition) is 1. The Kier molecular flexibility index (Phi) is 86.0. The first-order chi connectivity index (χ1) is 2.91. The summed E-state index contributed by atoms with van der Waals surface area (Å²) >= 11 is 0. The van der Waals surface area contributed by atoms with Crippen molar-refractivity contribution in [2.45, 2.75) is 40.5 Å². The molecule has 0 saturated heterocycles. The van der Waals surface area contributed by atoms with Gasteiger partial charge < -0.3 is 6.15 Å². The number of hydrogen-bond acceptors (Lipinski definition) is 1. The van der Waals surface area contributed by atoms with Crippen molar-refractivity contribution in [2.24, 2.45) is 0 Å². The van der Waals surface area contributed by atoms with Crippen LogP contribution < -0.4 is 6.15 Å². The van der Waals surface area contributed by atoms with Crippen LogP contribution in [0.15, 0.2) is 0 Å². The quantitative estimate of drug-likeness (QED) is 0.546. The SMILES string of the molecule is CC.CCCC.N. The van der Waals surface area contributed by atoms with E-state index in [-0.39, 0.29) is 6.15 Å². The Morgan fingerprint density at radius 1 is 0.857 bits per heavy atom. The van der Waals surface area contributed by atoms with E-state index in [4.69, 9.17) is 0 Å². The van der Waals surface area contributed by atoms with Gasteiger partial charge in [0.2, 0.25) is 0 Å². The van der Waals surface area contributed by atoms with Gasteiger partial charge in [0.25, 0.3) is 0 Å². The maximum atomic E-state index is 2.18. The van der Waals surface area contributed by atoms with Gasteiger partial charge in [-0.25, -0.2) is 0 Å². The van der Waals surface area contributed by atoms with E-state index >= 15 is 0 Å². The summed E-state index contributed by atoms with van der Waals surface area (Å²) in [6.45, 7) is 8.36. The van der Waals surface area contributed by atoms with Crippen LogP contribution >= 0.6 is 0 Å². The molecule has 0 bridgehead atoms. The molecule has 0 aromatic carbocycles. The Bertz CT molecular complexity index is 6.14. The van der Waals surface area contributed by atoms with E-state index in [1.165, 1.54) is 12.8 Å². The second kappa shape index (κ2) is 38.2. The van der Waals surface area contributed by atoms with Crippen LogP contribution in [0.5, 0.6) is 0 Å². The molecule has 0 amide bonds. The molecule has 0 spiro atoms. The third-order valence-electron chi connectivity index (χ3n) is 0.500. The summed E-state index contributed by atoms with van der Waals surface area (Å²) < 4.78 is 0. The summed E-state index contributed by atoms with van der Waals surface area (Å²) in [6, 6.07) is 0. The maximum absolute atomic E-state index is 2.18. The van der Waals surface area contributed by atoms with Crippen LogP contribution in [-0.2, 0) is 0 Å². The van der Waals surface area contributed by atoms with Crippen molar-refractivity contribution < 1.29 is 0 Å². The van der Waals surface area contributed by atoms with Gasteiger partial charge in [0.1, 0.15) is 0 Å². The first-order valence-electron chi connectivity index (χ1n) is 2.91. The van der Waals surface area contributed by atoms with Crippen LogP contribution in [0.4, 0.5) is 0 Å². The molecule has 1 heteroatoms. The highest BCUT2D eigenvalue weighted by atomic mass is 14.0. The summed E-state index contributed by atoms with van der Waals surface area (Å²) in [5, 5.41) is 0. The molecule has 0 heterocycles. The average Bonchev–Trinajstić information content (AvgIpc) is 1.72. The van der Waals surface area contributed by atoms with Crippen molar-refractivity contribution >= 4 is 0 Å². The molecule has 0 unspecified atom stereocenters. The van der Waals surface area contributed by atoms with Crippen LogP contribution in [0.25, 0.3) is 0 Å². The third-order valence-corrected chi connectivity index (χ3v) is 0.500. The van der Waals surface area contributed by atoms with Gasteiger partial charge in [0, 0.05) is 0 Å². The molecule has 7 heavy (non-hydrogen) atoms. The summed E-state index contributed by atoms with van der Waals surface area (Å²) in [5.74, 6) is 0. The Morgan fingerprint density at radius 2 is 1.00 bits per heavy atom. The monoisotopic (exact) mass is 105 g/mol. The molecule has 0 atom stereocenters.